The van der Waals surface area contributed by atoms with Crippen molar-refractivity contribution in [1.29, 1.82) is 0 Å². The number of hydrogen-bond acceptors (Lipinski definition) is 6. The van der Waals surface area contributed by atoms with E-state index >= 15 is 0 Å². The summed E-state index contributed by atoms with van der Waals surface area (Å²) in [4.78, 5) is 21.0. The van der Waals surface area contributed by atoms with Gasteiger partial charge in [0.25, 0.3) is 0 Å². The SMILES string of the molecule is Cc1nc(C(=O)Cc2ccc(F)c([C@]3(C)CCSC(N)=N3)c2)cs1.Cl. The largest absolute Gasteiger partial charge is 0.379 e. The van der Waals surface area contributed by atoms with Crippen molar-refractivity contribution in [2.24, 2.45) is 10.7 Å². The molecule has 2 aromatic rings. The highest BCUT2D eigenvalue weighted by atomic mass is 35.5. The van der Waals surface area contributed by atoms with Gasteiger partial charge in [0.1, 0.15) is 11.5 Å². The lowest BCUT2D eigenvalue weighted by molar-refractivity contribution is 0.0988. The van der Waals surface area contributed by atoms with Gasteiger partial charge in [-0.15, -0.1) is 23.7 Å². The van der Waals surface area contributed by atoms with Crippen LogP contribution in [0.5, 0.6) is 0 Å². The molecule has 1 aromatic heterocycles. The number of nitrogens with two attached hydrogens (primary N) is 1. The minimum absolute atomic E-state index is 0. The zero-order chi connectivity index (χ0) is 17.3. The average molecular weight is 400 g/mol. The Labute approximate surface area is 160 Å². The van der Waals surface area contributed by atoms with Crippen molar-refractivity contribution in [1.82, 2.24) is 4.98 Å². The second kappa shape index (κ2) is 7.85. The number of Topliss-reactive ketones (excluding diaryl/α,β-unsaturated/α-hetero) is 1. The van der Waals surface area contributed by atoms with E-state index in [4.69, 9.17) is 5.73 Å². The van der Waals surface area contributed by atoms with Gasteiger partial charge in [0, 0.05) is 23.1 Å². The molecule has 1 aliphatic rings. The number of thiazole rings is 1. The molecule has 1 aromatic carbocycles. The van der Waals surface area contributed by atoms with Gasteiger partial charge in [-0.25, -0.2) is 9.37 Å². The zero-order valence-corrected chi connectivity index (χ0v) is 16.4. The number of halogens is 2. The minimum atomic E-state index is -0.685. The van der Waals surface area contributed by atoms with Crippen molar-refractivity contribution in [2.75, 3.05) is 5.75 Å². The molecule has 8 heteroatoms. The maximum Gasteiger partial charge on any atom is 0.186 e. The van der Waals surface area contributed by atoms with Gasteiger partial charge in [-0.2, -0.15) is 0 Å². The van der Waals surface area contributed by atoms with E-state index in [0.29, 0.717) is 22.8 Å². The summed E-state index contributed by atoms with van der Waals surface area (Å²) in [5.74, 6) is 0.415. The first-order valence-corrected chi connectivity index (χ1v) is 9.46. The summed E-state index contributed by atoms with van der Waals surface area (Å²) in [5, 5.41) is 3.09. The fourth-order valence-electron chi connectivity index (χ4n) is 2.74. The number of hydrogen-bond donors (Lipinski definition) is 1. The first-order chi connectivity index (χ1) is 11.4. The van der Waals surface area contributed by atoms with Crippen molar-refractivity contribution >= 4 is 46.5 Å². The Hall–Kier alpha value is -1.44. The number of ketones is 1. The summed E-state index contributed by atoms with van der Waals surface area (Å²) >= 11 is 2.92. The predicted octanol–water partition coefficient (Wildman–Crippen LogP) is 4.10. The molecular weight excluding hydrogens is 381 g/mol. The van der Waals surface area contributed by atoms with E-state index in [-0.39, 0.29) is 30.4 Å². The van der Waals surface area contributed by atoms with Gasteiger partial charge in [-0.05, 0) is 38.0 Å². The van der Waals surface area contributed by atoms with E-state index < -0.39 is 5.54 Å². The summed E-state index contributed by atoms with van der Waals surface area (Å²) < 4.78 is 14.4. The molecule has 4 nitrogen and oxygen atoms in total. The second-order valence-electron chi connectivity index (χ2n) is 5.99. The highest BCUT2D eigenvalue weighted by Crippen LogP contribution is 2.36. The lowest BCUT2D eigenvalue weighted by Crippen LogP contribution is -2.29. The van der Waals surface area contributed by atoms with Crippen LogP contribution in [0.4, 0.5) is 4.39 Å². The van der Waals surface area contributed by atoms with Crippen molar-refractivity contribution in [3.63, 3.8) is 0 Å². The molecule has 1 atom stereocenters. The highest BCUT2D eigenvalue weighted by Gasteiger charge is 2.32. The predicted molar refractivity (Wildman–Crippen MR) is 105 cm³/mol. The van der Waals surface area contributed by atoms with E-state index in [2.05, 4.69) is 9.98 Å². The number of aryl methyl sites for hydroxylation is 1. The summed E-state index contributed by atoms with van der Waals surface area (Å²) in [5.41, 5.74) is 6.85. The van der Waals surface area contributed by atoms with Crippen LogP contribution >= 0.6 is 35.5 Å². The Morgan fingerprint density at radius 2 is 2.20 bits per heavy atom. The highest BCUT2D eigenvalue weighted by molar-refractivity contribution is 8.13. The molecule has 0 saturated heterocycles. The number of amidine groups is 1. The van der Waals surface area contributed by atoms with Crippen LogP contribution in [0.1, 0.15) is 40.0 Å². The zero-order valence-electron chi connectivity index (χ0n) is 13.9. The standard InChI is InChI=1S/C17H18FN3OS2.ClH/c1-10-20-14(9-24-10)15(22)8-11-3-4-13(18)12(7-11)17(2)5-6-23-16(19)21-17;/h3-4,7,9H,5-6,8H2,1-2H3,(H2,19,21);1H/t17-;/m0./s1. The Morgan fingerprint density at radius 3 is 2.84 bits per heavy atom. The second-order valence-corrected chi connectivity index (χ2v) is 8.17. The van der Waals surface area contributed by atoms with E-state index in [1.54, 1.807) is 17.5 Å². The smallest absolute Gasteiger partial charge is 0.186 e. The monoisotopic (exact) mass is 399 g/mol. The van der Waals surface area contributed by atoms with E-state index in [1.165, 1.54) is 29.2 Å². The topological polar surface area (TPSA) is 68.3 Å². The summed E-state index contributed by atoms with van der Waals surface area (Å²) in [6.07, 6.45) is 0.901. The van der Waals surface area contributed by atoms with Crippen LogP contribution in [0.3, 0.4) is 0 Å². The molecule has 3 rings (SSSR count). The molecule has 0 aliphatic carbocycles. The van der Waals surface area contributed by atoms with Crippen LogP contribution < -0.4 is 5.73 Å². The first-order valence-electron chi connectivity index (χ1n) is 7.60. The number of carbonyl (C=O) groups is 1. The van der Waals surface area contributed by atoms with E-state index in [0.717, 1.165) is 16.3 Å². The quantitative estimate of drug-likeness (QED) is 0.785. The van der Waals surface area contributed by atoms with Crippen LogP contribution in [-0.2, 0) is 12.0 Å². The fraction of sp³-hybridized carbons (Fsp3) is 0.353. The van der Waals surface area contributed by atoms with Crippen LogP contribution in [0.25, 0.3) is 0 Å². The van der Waals surface area contributed by atoms with E-state index in [1.807, 2.05) is 13.8 Å². The molecule has 0 fully saturated rings. The number of benzene rings is 1. The number of carbonyl (C=O) groups excluding carboxylic acids is 1. The van der Waals surface area contributed by atoms with Gasteiger partial charge in [0.15, 0.2) is 11.0 Å². The van der Waals surface area contributed by atoms with Crippen molar-refractivity contribution in [3.05, 3.63) is 51.2 Å². The van der Waals surface area contributed by atoms with Gasteiger partial charge in [-0.1, -0.05) is 17.8 Å². The number of aromatic nitrogens is 1. The minimum Gasteiger partial charge on any atom is -0.379 e. The summed E-state index contributed by atoms with van der Waals surface area (Å²) in [6.45, 7) is 3.75. The van der Waals surface area contributed by atoms with Crippen LogP contribution in [0.15, 0.2) is 28.6 Å². The number of nitrogens with zero attached hydrogens (tertiary/aromatic N) is 2. The maximum absolute atomic E-state index is 14.4. The van der Waals surface area contributed by atoms with Gasteiger partial charge in [0.2, 0.25) is 0 Å². The third kappa shape index (κ3) is 4.40. The first kappa shape index (κ1) is 19.9. The van der Waals surface area contributed by atoms with Crippen LogP contribution in [-0.4, -0.2) is 21.7 Å². The Balaban J connectivity index is 0.00000225. The van der Waals surface area contributed by atoms with E-state index in [9.17, 15) is 9.18 Å². The number of rotatable bonds is 4. The van der Waals surface area contributed by atoms with Gasteiger partial charge in [0.05, 0.1) is 10.5 Å². The summed E-state index contributed by atoms with van der Waals surface area (Å²) in [7, 11) is 0. The van der Waals surface area contributed by atoms with Gasteiger partial charge >= 0.3 is 0 Å². The van der Waals surface area contributed by atoms with Crippen molar-refractivity contribution in [3.8, 4) is 0 Å². The molecule has 0 saturated carbocycles. The molecule has 0 bridgehead atoms. The molecule has 2 N–H and O–H groups in total. The molecule has 25 heavy (non-hydrogen) atoms. The Morgan fingerprint density at radius 1 is 1.44 bits per heavy atom. The Bertz CT molecular complexity index is 824. The summed E-state index contributed by atoms with van der Waals surface area (Å²) in [6, 6.07) is 4.78. The molecule has 1 aliphatic heterocycles. The van der Waals surface area contributed by atoms with Crippen LogP contribution in [0.2, 0.25) is 0 Å². The lowest BCUT2D eigenvalue weighted by atomic mass is 9.87. The van der Waals surface area contributed by atoms with Crippen molar-refractivity contribution in [2.45, 2.75) is 32.2 Å². The average Bonchev–Trinajstić information content (AvgIpc) is 2.95. The molecule has 0 radical (unpaired) electrons. The van der Waals surface area contributed by atoms with Gasteiger partial charge < -0.3 is 5.73 Å². The third-order valence-electron chi connectivity index (χ3n) is 4.08. The molecule has 0 unspecified atom stereocenters. The molecule has 2 heterocycles. The number of aliphatic imine (C=N–C) groups is 1. The van der Waals surface area contributed by atoms with Crippen molar-refractivity contribution < 1.29 is 9.18 Å². The normalized spacial score (nSPS) is 19.9. The van der Waals surface area contributed by atoms with Crippen LogP contribution in [0, 0.1) is 12.7 Å². The number of thioether (sulfide) groups is 1. The molecule has 0 spiro atoms. The lowest BCUT2D eigenvalue weighted by Gasteiger charge is -2.30. The molecule has 134 valence electrons. The fourth-order valence-corrected chi connectivity index (χ4v) is 4.34. The Kier molecular flexibility index (Phi) is 6.24. The molecule has 0 amide bonds. The third-order valence-corrected chi connectivity index (χ3v) is 5.64. The van der Waals surface area contributed by atoms with Gasteiger partial charge in [-0.3, -0.25) is 9.79 Å². The maximum atomic E-state index is 14.4. The molecular formula is C17H19ClFN3OS2.